The van der Waals surface area contributed by atoms with Crippen LogP contribution in [0.4, 0.5) is 0 Å². The second-order valence-corrected chi connectivity index (χ2v) is 6.67. The minimum Gasteiger partial charge on any atom is -0.496 e. The van der Waals surface area contributed by atoms with Crippen LogP contribution in [-0.4, -0.2) is 7.11 Å². The molecule has 0 saturated carbocycles. The summed E-state index contributed by atoms with van der Waals surface area (Å²) < 4.78 is 7.51. The van der Waals surface area contributed by atoms with E-state index in [9.17, 15) is 0 Å². The highest BCUT2D eigenvalue weighted by Gasteiger charge is 2.20. The molecule has 3 N–H and O–H groups in total. The first kappa shape index (κ1) is 16.0. The summed E-state index contributed by atoms with van der Waals surface area (Å²) in [6, 6.07) is 11.4. The summed E-state index contributed by atoms with van der Waals surface area (Å²) in [6.07, 6.45) is 0. The van der Waals surface area contributed by atoms with Crippen LogP contribution >= 0.6 is 50.1 Å². The Morgan fingerprint density at radius 3 is 2.65 bits per heavy atom. The fourth-order valence-electron chi connectivity index (χ4n) is 2.01. The molecule has 2 aromatic rings. The monoisotopic (exact) mass is 466 g/mol. The number of ether oxygens (including phenoxy) is 1. The van der Waals surface area contributed by atoms with E-state index in [1.807, 2.05) is 30.3 Å². The highest BCUT2D eigenvalue weighted by atomic mass is 127. The molecular weight excluding hydrogens is 454 g/mol. The average molecular weight is 468 g/mol. The molecule has 0 spiro atoms. The van der Waals surface area contributed by atoms with Gasteiger partial charge in [0.05, 0.1) is 13.2 Å². The molecule has 0 aliphatic rings. The fourth-order valence-corrected chi connectivity index (χ4v) is 3.22. The van der Waals surface area contributed by atoms with Gasteiger partial charge in [-0.3, -0.25) is 5.84 Å². The van der Waals surface area contributed by atoms with Gasteiger partial charge in [-0.05, 0) is 64.6 Å². The summed E-state index contributed by atoms with van der Waals surface area (Å²) in [6.45, 7) is 0. The molecule has 0 heterocycles. The maximum absolute atomic E-state index is 6.10. The minimum absolute atomic E-state index is 0.201. The molecule has 1 unspecified atom stereocenters. The van der Waals surface area contributed by atoms with Crippen LogP contribution in [0.15, 0.2) is 40.9 Å². The van der Waals surface area contributed by atoms with Crippen LogP contribution in [-0.2, 0) is 0 Å². The predicted octanol–water partition coefficient (Wildman–Crippen LogP) is 4.27. The first-order valence-corrected chi connectivity index (χ1v) is 8.06. The van der Waals surface area contributed by atoms with Gasteiger partial charge in [0.15, 0.2) is 0 Å². The topological polar surface area (TPSA) is 47.3 Å². The summed E-state index contributed by atoms with van der Waals surface area (Å²) in [5.74, 6) is 6.51. The lowest BCUT2D eigenvalue weighted by atomic mass is 9.98. The molecule has 0 radical (unpaired) electrons. The molecule has 0 aromatic heterocycles. The normalized spacial score (nSPS) is 12.2. The zero-order valence-electron chi connectivity index (χ0n) is 10.7. The quantitative estimate of drug-likeness (QED) is 0.401. The molecule has 0 fully saturated rings. The van der Waals surface area contributed by atoms with Crippen molar-refractivity contribution in [3.8, 4) is 5.75 Å². The van der Waals surface area contributed by atoms with E-state index in [-0.39, 0.29) is 6.04 Å². The highest BCUT2D eigenvalue weighted by Crippen LogP contribution is 2.34. The van der Waals surface area contributed by atoms with E-state index in [4.69, 9.17) is 22.2 Å². The molecule has 2 aromatic carbocycles. The Labute approximate surface area is 145 Å². The zero-order valence-corrected chi connectivity index (χ0v) is 15.2. The van der Waals surface area contributed by atoms with Crippen LogP contribution in [0.25, 0.3) is 0 Å². The number of hydrogen-bond acceptors (Lipinski definition) is 3. The van der Waals surface area contributed by atoms with Gasteiger partial charge in [-0.25, -0.2) is 5.43 Å². The number of methoxy groups -OCH3 is 1. The van der Waals surface area contributed by atoms with E-state index in [1.165, 1.54) is 0 Å². The van der Waals surface area contributed by atoms with E-state index in [2.05, 4.69) is 43.9 Å². The van der Waals surface area contributed by atoms with Crippen molar-refractivity contribution in [3.63, 3.8) is 0 Å². The van der Waals surface area contributed by atoms with E-state index >= 15 is 0 Å². The predicted molar refractivity (Wildman–Crippen MR) is 94.0 cm³/mol. The number of nitrogens with one attached hydrogen (secondary N) is 1. The SMILES string of the molecule is COc1ccc(Cl)cc1C(NN)c1cc(Br)ccc1I. The van der Waals surface area contributed by atoms with Crippen LogP contribution in [0.2, 0.25) is 5.02 Å². The summed E-state index contributed by atoms with van der Waals surface area (Å²) in [5.41, 5.74) is 4.80. The van der Waals surface area contributed by atoms with Gasteiger partial charge < -0.3 is 4.74 Å². The van der Waals surface area contributed by atoms with Crippen LogP contribution < -0.4 is 16.0 Å². The molecule has 106 valence electrons. The Bertz CT molecular complexity index is 624. The molecule has 3 nitrogen and oxygen atoms in total. The van der Waals surface area contributed by atoms with Crippen LogP contribution in [0.3, 0.4) is 0 Å². The molecular formula is C14H13BrClIN2O. The van der Waals surface area contributed by atoms with E-state index in [0.29, 0.717) is 5.02 Å². The minimum atomic E-state index is -0.201. The van der Waals surface area contributed by atoms with Gasteiger partial charge in [-0.1, -0.05) is 27.5 Å². The molecule has 0 aliphatic carbocycles. The van der Waals surface area contributed by atoms with E-state index in [1.54, 1.807) is 13.2 Å². The smallest absolute Gasteiger partial charge is 0.124 e. The lowest BCUT2D eigenvalue weighted by Gasteiger charge is -2.21. The zero-order chi connectivity index (χ0) is 14.7. The summed E-state index contributed by atoms with van der Waals surface area (Å²) in [4.78, 5) is 0. The van der Waals surface area contributed by atoms with Crippen molar-refractivity contribution < 1.29 is 4.74 Å². The Hall–Kier alpha value is -0.340. The van der Waals surface area contributed by atoms with Gasteiger partial charge >= 0.3 is 0 Å². The maximum atomic E-state index is 6.10. The third-order valence-corrected chi connectivity index (χ3v) is 4.65. The van der Waals surface area contributed by atoms with E-state index < -0.39 is 0 Å². The first-order chi connectivity index (χ1) is 9.56. The van der Waals surface area contributed by atoms with Crippen molar-refractivity contribution >= 4 is 50.1 Å². The number of benzene rings is 2. The molecule has 0 bridgehead atoms. The Balaban J connectivity index is 2.57. The molecule has 0 amide bonds. The van der Waals surface area contributed by atoms with Gasteiger partial charge in [0.25, 0.3) is 0 Å². The summed E-state index contributed by atoms with van der Waals surface area (Å²) in [5, 5.41) is 0.644. The highest BCUT2D eigenvalue weighted by molar-refractivity contribution is 14.1. The third kappa shape index (κ3) is 3.46. The van der Waals surface area contributed by atoms with Gasteiger partial charge in [0.1, 0.15) is 5.75 Å². The Morgan fingerprint density at radius 2 is 2.00 bits per heavy atom. The lowest BCUT2D eigenvalue weighted by molar-refractivity contribution is 0.404. The van der Waals surface area contributed by atoms with Crippen LogP contribution in [0.5, 0.6) is 5.75 Å². The van der Waals surface area contributed by atoms with Crippen molar-refractivity contribution in [1.82, 2.24) is 5.43 Å². The fraction of sp³-hybridized carbons (Fsp3) is 0.143. The van der Waals surface area contributed by atoms with Gasteiger partial charge in [-0.2, -0.15) is 0 Å². The van der Waals surface area contributed by atoms with Crippen molar-refractivity contribution in [1.29, 1.82) is 0 Å². The summed E-state index contributed by atoms with van der Waals surface area (Å²) in [7, 11) is 1.63. The van der Waals surface area contributed by atoms with E-state index in [0.717, 1.165) is 24.9 Å². The number of hydrogen-bond donors (Lipinski definition) is 2. The number of hydrazine groups is 1. The van der Waals surface area contributed by atoms with Gasteiger partial charge in [0, 0.05) is 18.6 Å². The second kappa shape index (κ2) is 7.09. The van der Waals surface area contributed by atoms with Crippen molar-refractivity contribution in [2.24, 2.45) is 5.84 Å². The second-order valence-electron chi connectivity index (χ2n) is 4.15. The van der Waals surface area contributed by atoms with Crippen LogP contribution in [0.1, 0.15) is 17.2 Å². The number of nitrogens with two attached hydrogens (primary N) is 1. The number of rotatable bonds is 4. The molecule has 0 aliphatic heterocycles. The molecule has 6 heteroatoms. The summed E-state index contributed by atoms with van der Waals surface area (Å²) >= 11 is 11.9. The van der Waals surface area contributed by atoms with Gasteiger partial charge in [-0.15, -0.1) is 0 Å². The van der Waals surface area contributed by atoms with Gasteiger partial charge in [0.2, 0.25) is 0 Å². The van der Waals surface area contributed by atoms with Crippen molar-refractivity contribution in [2.45, 2.75) is 6.04 Å². The Morgan fingerprint density at radius 1 is 1.25 bits per heavy atom. The molecule has 2 rings (SSSR count). The Kier molecular flexibility index (Phi) is 5.68. The largest absolute Gasteiger partial charge is 0.496 e. The molecule has 1 atom stereocenters. The first-order valence-electron chi connectivity index (χ1n) is 5.81. The number of halogens is 3. The molecule has 20 heavy (non-hydrogen) atoms. The van der Waals surface area contributed by atoms with Crippen LogP contribution in [0, 0.1) is 3.57 Å². The average Bonchev–Trinajstić information content (AvgIpc) is 2.44. The molecule has 0 saturated heterocycles. The van der Waals surface area contributed by atoms with Crippen molar-refractivity contribution in [2.75, 3.05) is 7.11 Å². The van der Waals surface area contributed by atoms with Crippen molar-refractivity contribution in [3.05, 3.63) is 60.6 Å². The standard InChI is InChI=1S/C14H13BrClIN2O/c1-20-13-5-3-9(16)7-11(13)14(19-18)10-6-8(15)2-4-12(10)17/h2-7,14,19H,18H2,1H3. The lowest BCUT2D eigenvalue weighted by Crippen LogP contribution is -2.29. The third-order valence-electron chi connectivity index (χ3n) is 2.94. The maximum Gasteiger partial charge on any atom is 0.124 e.